The van der Waals surface area contributed by atoms with E-state index in [1.165, 1.54) is 20.0 Å². The summed E-state index contributed by atoms with van der Waals surface area (Å²) in [4.78, 5) is 11.3. The van der Waals surface area contributed by atoms with Crippen molar-refractivity contribution in [1.82, 2.24) is 0 Å². The maximum absolute atomic E-state index is 11.3. The predicted octanol–water partition coefficient (Wildman–Crippen LogP) is 3.97. The molecule has 1 aromatic carbocycles. The normalized spacial score (nSPS) is 15.5. The van der Waals surface area contributed by atoms with E-state index in [2.05, 4.69) is 20.7 Å². The fraction of sp³-hybridized carbons (Fsp3) is 0.500. The number of hydrogen-bond acceptors (Lipinski definition) is 4. The van der Waals surface area contributed by atoms with Crippen molar-refractivity contribution in [3.63, 3.8) is 0 Å². The van der Waals surface area contributed by atoms with Crippen LogP contribution in [-0.2, 0) is 10.1 Å². The van der Waals surface area contributed by atoms with Crippen LogP contribution in [0.3, 0.4) is 0 Å². The molecule has 0 unspecified atom stereocenters. The second-order valence-corrected chi connectivity index (χ2v) is 5.32. The highest BCUT2D eigenvalue weighted by atomic mass is 79.9. The molecule has 5 heteroatoms. The lowest BCUT2D eigenvalue weighted by Crippen LogP contribution is -2.11. The van der Waals surface area contributed by atoms with E-state index >= 15 is 0 Å². The van der Waals surface area contributed by atoms with Crippen LogP contribution < -0.4 is 10.5 Å². The Labute approximate surface area is 121 Å². The van der Waals surface area contributed by atoms with Crippen molar-refractivity contribution in [1.29, 1.82) is 0 Å². The van der Waals surface area contributed by atoms with Crippen LogP contribution in [0.1, 0.15) is 42.7 Å². The first-order valence-corrected chi connectivity index (χ1v) is 7.52. The van der Waals surface area contributed by atoms with Gasteiger partial charge in [0.05, 0.1) is 7.11 Å². The number of methoxy groups -OCH3 is 1. The van der Waals surface area contributed by atoms with E-state index < -0.39 is 6.16 Å². The van der Waals surface area contributed by atoms with Crippen molar-refractivity contribution in [2.75, 3.05) is 12.8 Å². The summed E-state index contributed by atoms with van der Waals surface area (Å²) in [6, 6.07) is 3.76. The fourth-order valence-corrected chi connectivity index (χ4v) is 3.04. The van der Waals surface area contributed by atoms with E-state index in [4.69, 9.17) is 10.5 Å². The van der Waals surface area contributed by atoms with Gasteiger partial charge in [-0.2, -0.15) is 0 Å². The summed E-state index contributed by atoms with van der Waals surface area (Å²) in [7, 11) is 1.30. The number of halogens is 1. The SMILES string of the molecule is COC(=O)Oc1cc(N)c(CBr)cc1C1CCCC1. The van der Waals surface area contributed by atoms with Crippen LogP contribution in [0.5, 0.6) is 5.75 Å². The number of anilines is 1. The number of hydrogen-bond donors (Lipinski definition) is 1. The first-order chi connectivity index (χ1) is 9.15. The molecular formula is C14H18BrNO3. The number of carbonyl (C=O) groups excluding carboxylic acids is 1. The second kappa shape index (κ2) is 6.28. The maximum atomic E-state index is 11.3. The topological polar surface area (TPSA) is 61.5 Å². The van der Waals surface area contributed by atoms with Gasteiger partial charge in [-0.3, -0.25) is 0 Å². The lowest BCUT2D eigenvalue weighted by Gasteiger charge is -2.17. The highest BCUT2D eigenvalue weighted by Gasteiger charge is 2.23. The van der Waals surface area contributed by atoms with E-state index in [0.717, 1.165) is 24.0 Å². The van der Waals surface area contributed by atoms with Crippen molar-refractivity contribution in [2.24, 2.45) is 0 Å². The third kappa shape index (κ3) is 3.21. The maximum Gasteiger partial charge on any atom is 0.513 e. The molecule has 104 valence electrons. The minimum atomic E-state index is -0.703. The van der Waals surface area contributed by atoms with E-state index in [-0.39, 0.29) is 0 Å². The smallest absolute Gasteiger partial charge is 0.437 e. The Bertz CT molecular complexity index is 470. The van der Waals surface area contributed by atoms with Gasteiger partial charge >= 0.3 is 6.16 Å². The monoisotopic (exact) mass is 327 g/mol. The van der Waals surface area contributed by atoms with E-state index in [1.54, 1.807) is 6.07 Å². The molecular weight excluding hydrogens is 310 g/mol. The lowest BCUT2D eigenvalue weighted by molar-refractivity contribution is 0.121. The van der Waals surface area contributed by atoms with Crippen LogP contribution in [0.25, 0.3) is 0 Å². The highest BCUT2D eigenvalue weighted by molar-refractivity contribution is 9.08. The zero-order chi connectivity index (χ0) is 13.8. The summed E-state index contributed by atoms with van der Waals surface area (Å²) in [5.74, 6) is 0.971. The number of alkyl halides is 1. The van der Waals surface area contributed by atoms with E-state index in [1.807, 2.05) is 6.07 Å². The van der Waals surface area contributed by atoms with Gasteiger partial charge in [0.15, 0.2) is 0 Å². The van der Waals surface area contributed by atoms with Crippen LogP contribution >= 0.6 is 15.9 Å². The molecule has 0 aliphatic heterocycles. The molecule has 0 saturated heterocycles. The lowest BCUT2D eigenvalue weighted by atomic mass is 9.94. The van der Waals surface area contributed by atoms with Crippen molar-refractivity contribution < 1.29 is 14.3 Å². The Hall–Kier alpha value is -1.23. The van der Waals surface area contributed by atoms with Gasteiger partial charge in [-0.15, -0.1) is 0 Å². The predicted molar refractivity (Wildman–Crippen MR) is 77.7 cm³/mol. The minimum absolute atomic E-state index is 0.443. The molecule has 1 fully saturated rings. The summed E-state index contributed by atoms with van der Waals surface area (Å²) < 4.78 is 9.79. The quantitative estimate of drug-likeness (QED) is 0.395. The summed E-state index contributed by atoms with van der Waals surface area (Å²) in [5, 5.41) is 0.692. The molecule has 0 aromatic heterocycles. The Morgan fingerprint density at radius 1 is 1.42 bits per heavy atom. The van der Waals surface area contributed by atoms with Gasteiger partial charge in [0.1, 0.15) is 5.75 Å². The molecule has 0 bridgehead atoms. The largest absolute Gasteiger partial charge is 0.513 e. The number of rotatable bonds is 3. The molecule has 0 spiro atoms. The first kappa shape index (κ1) is 14.2. The van der Waals surface area contributed by atoms with Crippen molar-refractivity contribution in [3.05, 3.63) is 23.3 Å². The molecule has 19 heavy (non-hydrogen) atoms. The van der Waals surface area contributed by atoms with Crippen LogP contribution in [-0.4, -0.2) is 13.3 Å². The zero-order valence-corrected chi connectivity index (χ0v) is 12.5. The number of nitrogen functional groups attached to an aromatic ring is 1. The summed E-state index contributed by atoms with van der Waals surface area (Å²) >= 11 is 3.43. The van der Waals surface area contributed by atoms with Crippen molar-refractivity contribution >= 4 is 27.8 Å². The van der Waals surface area contributed by atoms with Crippen LogP contribution in [0.2, 0.25) is 0 Å². The molecule has 0 atom stereocenters. The number of ether oxygens (including phenoxy) is 2. The Balaban J connectivity index is 2.37. The van der Waals surface area contributed by atoms with Gasteiger partial charge in [-0.05, 0) is 36.0 Å². The van der Waals surface area contributed by atoms with Gasteiger partial charge < -0.3 is 15.2 Å². The molecule has 2 N–H and O–H groups in total. The Morgan fingerprint density at radius 2 is 2.11 bits per heavy atom. The third-order valence-electron chi connectivity index (χ3n) is 3.57. The van der Waals surface area contributed by atoms with Gasteiger partial charge in [0, 0.05) is 17.1 Å². The van der Waals surface area contributed by atoms with Crippen LogP contribution in [0.15, 0.2) is 12.1 Å². The molecule has 2 rings (SSSR count). The average Bonchev–Trinajstić information content (AvgIpc) is 2.92. The summed E-state index contributed by atoms with van der Waals surface area (Å²) in [5.41, 5.74) is 8.67. The molecule has 0 heterocycles. The van der Waals surface area contributed by atoms with E-state index in [9.17, 15) is 4.79 Å². The summed E-state index contributed by atoms with van der Waals surface area (Å²) in [6.07, 6.45) is 3.99. The molecule has 0 radical (unpaired) electrons. The zero-order valence-electron chi connectivity index (χ0n) is 10.9. The van der Waals surface area contributed by atoms with Gasteiger partial charge in [-0.25, -0.2) is 4.79 Å². The minimum Gasteiger partial charge on any atom is -0.437 e. The third-order valence-corrected chi connectivity index (χ3v) is 4.17. The van der Waals surface area contributed by atoms with Gasteiger partial charge in [0.25, 0.3) is 0 Å². The number of benzene rings is 1. The molecule has 4 nitrogen and oxygen atoms in total. The molecule has 1 saturated carbocycles. The molecule has 1 aromatic rings. The van der Waals surface area contributed by atoms with E-state index in [0.29, 0.717) is 22.7 Å². The Morgan fingerprint density at radius 3 is 2.68 bits per heavy atom. The number of carbonyl (C=O) groups is 1. The van der Waals surface area contributed by atoms with Crippen molar-refractivity contribution in [2.45, 2.75) is 36.9 Å². The number of nitrogens with two attached hydrogens (primary N) is 1. The second-order valence-electron chi connectivity index (χ2n) is 4.76. The van der Waals surface area contributed by atoms with Crippen LogP contribution in [0.4, 0.5) is 10.5 Å². The highest BCUT2D eigenvalue weighted by Crippen LogP contribution is 2.41. The molecule has 1 aliphatic carbocycles. The van der Waals surface area contributed by atoms with Crippen molar-refractivity contribution in [3.8, 4) is 5.75 Å². The average molecular weight is 328 g/mol. The Kier molecular flexibility index (Phi) is 4.69. The van der Waals surface area contributed by atoms with Crippen LogP contribution in [0, 0.1) is 0 Å². The first-order valence-electron chi connectivity index (χ1n) is 6.39. The molecule has 0 amide bonds. The van der Waals surface area contributed by atoms with Gasteiger partial charge in [-0.1, -0.05) is 28.8 Å². The summed E-state index contributed by atoms with van der Waals surface area (Å²) in [6.45, 7) is 0. The van der Waals surface area contributed by atoms with Gasteiger partial charge in [0.2, 0.25) is 0 Å². The standard InChI is InChI=1S/C14H18BrNO3/c1-18-14(17)19-13-7-12(16)10(8-15)6-11(13)9-4-2-3-5-9/h6-7,9H,2-5,8,16H2,1H3. The fourth-order valence-electron chi connectivity index (χ4n) is 2.55. The molecule has 1 aliphatic rings.